The molecular formula is C12H19ClN2O4S. The second-order valence-corrected chi connectivity index (χ2v) is 6.45. The molecule has 0 bridgehead atoms. The Kier molecular flexibility index (Phi) is 6.22. The summed E-state index contributed by atoms with van der Waals surface area (Å²) >= 11 is 5.85. The number of aryl methyl sites for hydroxylation is 1. The first-order chi connectivity index (χ1) is 9.31. The fraction of sp³-hybridized carbons (Fsp3) is 0.500. The highest BCUT2D eigenvalue weighted by Gasteiger charge is 2.20. The molecule has 20 heavy (non-hydrogen) atoms. The molecular weight excluding hydrogens is 304 g/mol. The summed E-state index contributed by atoms with van der Waals surface area (Å²) in [6, 6.07) is 2.87. The summed E-state index contributed by atoms with van der Waals surface area (Å²) in [5, 5.41) is 0.329. The van der Waals surface area contributed by atoms with E-state index in [1.807, 2.05) is 0 Å². The van der Waals surface area contributed by atoms with Gasteiger partial charge in [-0.25, -0.2) is 13.1 Å². The summed E-state index contributed by atoms with van der Waals surface area (Å²) in [6.07, 6.45) is -0.361. The number of hydrogen-bond acceptors (Lipinski definition) is 5. The van der Waals surface area contributed by atoms with E-state index in [4.69, 9.17) is 26.8 Å². The lowest BCUT2D eigenvalue weighted by molar-refractivity contribution is 0.0320. The van der Waals surface area contributed by atoms with Crippen molar-refractivity contribution in [3.8, 4) is 0 Å². The van der Waals surface area contributed by atoms with Gasteiger partial charge in [0.15, 0.2) is 0 Å². The van der Waals surface area contributed by atoms with E-state index in [2.05, 4.69) is 4.72 Å². The zero-order chi connectivity index (χ0) is 15.3. The van der Waals surface area contributed by atoms with Crippen LogP contribution in [0.4, 0.5) is 5.69 Å². The van der Waals surface area contributed by atoms with Gasteiger partial charge < -0.3 is 15.2 Å². The van der Waals surface area contributed by atoms with Crippen molar-refractivity contribution in [3.63, 3.8) is 0 Å². The number of benzene rings is 1. The van der Waals surface area contributed by atoms with Crippen LogP contribution in [0.2, 0.25) is 5.02 Å². The first kappa shape index (κ1) is 17.2. The lowest BCUT2D eigenvalue weighted by Gasteiger charge is -2.16. The van der Waals surface area contributed by atoms with Gasteiger partial charge in [0.05, 0.1) is 28.3 Å². The van der Waals surface area contributed by atoms with Crippen molar-refractivity contribution >= 4 is 27.3 Å². The Hall–Kier alpha value is -0.860. The summed E-state index contributed by atoms with van der Waals surface area (Å²) in [5.41, 5.74) is 6.39. The second-order valence-electron chi connectivity index (χ2n) is 4.30. The molecule has 0 amide bonds. The van der Waals surface area contributed by atoms with Crippen LogP contribution in [0.3, 0.4) is 0 Å². The largest absolute Gasteiger partial charge is 0.397 e. The van der Waals surface area contributed by atoms with Crippen LogP contribution in [0.15, 0.2) is 17.0 Å². The van der Waals surface area contributed by atoms with Crippen LogP contribution in [0.5, 0.6) is 0 Å². The van der Waals surface area contributed by atoms with Crippen molar-refractivity contribution in [1.29, 1.82) is 0 Å². The molecule has 0 spiro atoms. The molecule has 1 unspecified atom stereocenters. The van der Waals surface area contributed by atoms with Crippen LogP contribution in [-0.2, 0) is 19.5 Å². The van der Waals surface area contributed by atoms with Gasteiger partial charge in [-0.1, -0.05) is 11.6 Å². The minimum atomic E-state index is -3.68. The van der Waals surface area contributed by atoms with Crippen molar-refractivity contribution in [3.05, 3.63) is 22.7 Å². The Bertz CT molecular complexity index is 563. The second kappa shape index (κ2) is 7.24. The first-order valence-electron chi connectivity index (χ1n) is 5.88. The topological polar surface area (TPSA) is 90.7 Å². The molecule has 1 aromatic carbocycles. The number of nitrogen functional groups attached to an aromatic ring is 1. The number of ether oxygens (including phenoxy) is 2. The fourth-order valence-corrected chi connectivity index (χ4v) is 3.18. The molecule has 0 radical (unpaired) electrons. The highest BCUT2D eigenvalue weighted by molar-refractivity contribution is 7.89. The van der Waals surface area contributed by atoms with Crippen molar-refractivity contribution in [2.75, 3.05) is 33.1 Å². The third kappa shape index (κ3) is 4.32. The van der Waals surface area contributed by atoms with Crippen LogP contribution >= 0.6 is 11.6 Å². The third-order valence-electron chi connectivity index (χ3n) is 2.77. The molecule has 0 aromatic heterocycles. The molecule has 1 aromatic rings. The smallest absolute Gasteiger partial charge is 0.240 e. The zero-order valence-electron chi connectivity index (χ0n) is 11.6. The average molecular weight is 323 g/mol. The molecule has 1 rings (SSSR count). The predicted molar refractivity (Wildman–Crippen MR) is 78.5 cm³/mol. The summed E-state index contributed by atoms with van der Waals surface area (Å²) < 4.78 is 37.0. The molecule has 1 atom stereocenters. The number of nitrogens with one attached hydrogen (secondary N) is 1. The maximum Gasteiger partial charge on any atom is 0.240 e. The SMILES string of the molecule is COCC(CNS(=O)(=O)c1cc(N)c(Cl)cc1C)OC. The summed E-state index contributed by atoms with van der Waals surface area (Å²) in [5.74, 6) is 0. The van der Waals surface area contributed by atoms with Gasteiger partial charge in [0.25, 0.3) is 0 Å². The minimum absolute atomic E-state index is 0.103. The van der Waals surface area contributed by atoms with E-state index in [1.165, 1.54) is 26.4 Å². The normalized spacial score (nSPS) is 13.4. The van der Waals surface area contributed by atoms with E-state index < -0.39 is 10.0 Å². The molecule has 0 aliphatic carbocycles. The van der Waals surface area contributed by atoms with Gasteiger partial charge in [-0.3, -0.25) is 0 Å². The molecule has 114 valence electrons. The van der Waals surface area contributed by atoms with E-state index >= 15 is 0 Å². The van der Waals surface area contributed by atoms with Crippen LogP contribution in [0.25, 0.3) is 0 Å². The Balaban J connectivity index is 2.92. The van der Waals surface area contributed by atoms with Crippen LogP contribution in [0, 0.1) is 6.92 Å². The van der Waals surface area contributed by atoms with Gasteiger partial charge in [-0.05, 0) is 24.6 Å². The van der Waals surface area contributed by atoms with Crippen molar-refractivity contribution < 1.29 is 17.9 Å². The molecule has 0 heterocycles. The van der Waals surface area contributed by atoms with Crippen LogP contribution in [-0.4, -0.2) is 41.9 Å². The standard InChI is InChI=1S/C12H19ClN2O4S/c1-8-4-10(13)11(14)5-12(8)20(16,17)15-6-9(19-3)7-18-2/h4-5,9,15H,6-7,14H2,1-3H3. The Morgan fingerprint density at radius 2 is 2.05 bits per heavy atom. The Morgan fingerprint density at radius 3 is 2.60 bits per heavy atom. The number of nitrogens with two attached hydrogens (primary N) is 1. The zero-order valence-corrected chi connectivity index (χ0v) is 13.2. The van der Waals surface area contributed by atoms with Gasteiger partial charge in [-0.15, -0.1) is 0 Å². The molecule has 0 aliphatic heterocycles. The molecule has 0 aliphatic rings. The number of anilines is 1. The molecule has 0 saturated heterocycles. The average Bonchev–Trinajstić information content (AvgIpc) is 2.38. The lowest BCUT2D eigenvalue weighted by atomic mass is 10.2. The maximum absolute atomic E-state index is 12.2. The number of rotatable bonds is 7. The highest BCUT2D eigenvalue weighted by atomic mass is 35.5. The number of halogens is 1. The van der Waals surface area contributed by atoms with E-state index in [0.717, 1.165) is 0 Å². The quantitative estimate of drug-likeness (QED) is 0.735. The lowest BCUT2D eigenvalue weighted by Crippen LogP contribution is -2.35. The minimum Gasteiger partial charge on any atom is -0.397 e. The predicted octanol–water partition coefficient (Wildman–Crippen LogP) is 1.17. The van der Waals surface area contributed by atoms with Crippen molar-refractivity contribution in [2.24, 2.45) is 0 Å². The Morgan fingerprint density at radius 1 is 1.40 bits per heavy atom. The van der Waals surface area contributed by atoms with E-state index in [1.54, 1.807) is 6.92 Å². The van der Waals surface area contributed by atoms with Gasteiger partial charge in [0.1, 0.15) is 0 Å². The molecule has 6 nitrogen and oxygen atoms in total. The molecule has 3 N–H and O–H groups in total. The molecule has 0 saturated carbocycles. The first-order valence-corrected chi connectivity index (χ1v) is 7.75. The van der Waals surface area contributed by atoms with Crippen LogP contribution in [0.1, 0.15) is 5.56 Å². The van der Waals surface area contributed by atoms with E-state index in [-0.39, 0.29) is 23.2 Å². The fourth-order valence-electron chi connectivity index (χ4n) is 1.63. The maximum atomic E-state index is 12.2. The Labute approximate surface area is 124 Å². The van der Waals surface area contributed by atoms with Gasteiger partial charge in [-0.2, -0.15) is 0 Å². The summed E-state index contributed by atoms with van der Waals surface area (Å²) in [7, 11) is -0.670. The summed E-state index contributed by atoms with van der Waals surface area (Å²) in [6.45, 7) is 2.05. The highest BCUT2D eigenvalue weighted by Crippen LogP contribution is 2.26. The summed E-state index contributed by atoms with van der Waals surface area (Å²) in [4.78, 5) is 0.103. The van der Waals surface area contributed by atoms with E-state index in [9.17, 15) is 8.42 Å². The third-order valence-corrected chi connectivity index (χ3v) is 4.66. The number of sulfonamides is 1. The monoisotopic (exact) mass is 322 g/mol. The van der Waals surface area contributed by atoms with Crippen molar-refractivity contribution in [1.82, 2.24) is 4.72 Å². The van der Waals surface area contributed by atoms with Crippen molar-refractivity contribution in [2.45, 2.75) is 17.9 Å². The van der Waals surface area contributed by atoms with Crippen LogP contribution < -0.4 is 10.5 Å². The van der Waals surface area contributed by atoms with E-state index in [0.29, 0.717) is 17.2 Å². The van der Waals surface area contributed by atoms with Gasteiger partial charge in [0, 0.05) is 20.8 Å². The van der Waals surface area contributed by atoms with Gasteiger partial charge in [0.2, 0.25) is 10.0 Å². The van der Waals surface area contributed by atoms with Gasteiger partial charge >= 0.3 is 0 Å². The number of methoxy groups -OCH3 is 2. The molecule has 0 fully saturated rings. The molecule has 8 heteroatoms. The number of hydrogen-bond donors (Lipinski definition) is 2.